The number of hydrogen-bond acceptors (Lipinski definition) is 4. The summed E-state index contributed by atoms with van der Waals surface area (Å²) in [6, 6.07) is 24.6. The van der Waals surface area contributed by atoms with E-state index in [1.807, 2.05) is 42.5 Å². The van der Waals surface area contributed by atoms with E-state index in [0.29, 0.717) is 12.2 Å². The molecule has 0 radical (unpaired) electrons. The molecule has 1 aromatic heterocycles. The molecule has 4 rings (SSSR count). The van der Waals surface area contributed by atoms with Gasteiger partial charge < -0.3 is 4.74 Å². The van der Waals surface area contributed by atoms with Crippen LogP contribution in [0.25, 0.3) is 5.69 Å². The van der Waals surface area contributed by atoms with E-state index in [2.05, 4.69) is 26.9 Å². The third-order valence-corrected chi connectivity index (χ3v) is 5.52. The first-order valence-electron chi connectivity index (χ1n) is 9.23. The minimum atomic E-state index is -0.231. The summed E-state index contributed by atoms with van der Waals surface area (Å²) in [5.41, 5.74) is 3.18. The topological polar surface area (TPSA) is 39.9 Å². The number of halogens is 1. The highest BCUT2D eigenvalue weighted by atomic mass is 32.2. The molecule has 6 heteroatoms. The molecule has 0 saturated carbocycles. The maximum atomic E-state index is 13.2. The van der Waals surface area contributed by atoms with Crippen LogP contribution in [0.5, 0.6) is 5.75 Å². The molecule has 0 spiro atoms. The summed E-state index contributed by atoms with van der Waals surface area (Å²) in [6.45, 7) is 0. The third-order valence-electron chi connectivity index (χ3n) is 4.52. The number of methoxy groups -OCH3 is 1. The molecule has 1 heterocycles. The van der Waals surface area contributed by atoms with Crippen LogP contribution in [0.15, 0.2) is 84.0 Å². The molecule has 0 saturated heterocycles. The van der Waals surface area contributed by atoms with Crippen molar-refractivity contribution in [1.82, 2.24) is 14.8 Å². The summed E-state index contributed by atoms with van der Waals surface area (Å²) in [5.74, 6) is 2.11. The summed E-state index contributed by atoms with van der Waals surface area (Å²) < 4.78 is 20.5. The van der Waals surface area contributed by atoms with E-state index in [1.54, 1.807) is 31.0 Å². The minimum Gasteiger partial charge on any atom is -0.497 e. The van der Waals surface area contributed by atoms with E-state index in [-0.39, 0.29) is 5.82 Å². The Morgan fingerprint density at radius 3 is 2.28 bits per heavy atom. The number of ether oxygens (including phenoxy) is 1. The van der Waals surface area contributed by atoms with Crippen LogP contribution < -0.4 is 4.74 Å². The van der Waals surface area contributed by atoms with Crippen LogP contribution in [-0.2, 0) is 12.2 Å². The van der Waals surface area contributed by atoms with E-state index in [0.717, 1.165) is 28.0 Å². The van der Waals surface area contributed by atoms with Gasteiger partial charge in [-0.1, -0.05) is 54.2 Å². The molecule has 29 heavy (non-hydrogen) atoms. The zero-order valence-electron chi connectivity index (χ0n) is 16.0. The van der Waals surface area contributed by atoms with E-state index < -0.39 is 0 Å². The van der Waals surface area contributed by atoms with Crippen LogP contribution >= 0.6 is 11.8 Å². The number of thioether (sulfide) groups is 1. The molecule has 4 nitrogen and oxygen atoms in total. The number of nitrogens with zero attached hydrogens (tertiary/aromatic N) is 3. The molecular formula is C23H20FN3OS. The average Bonchev–Trinajstić information content (AvgIpc) is 3.16. The van der Waals surface area contributed by atoms with Crippen LogP contribution in [0, 0.1) is 5.82 Å². The van der Waals surface area contributed by atoms with Crippen LogP contribution in [0.2, 0.25) is 0 Å². The van der Waals surface area contributed by atoms with Gasteiger partial charge in [-0.05, 0) is 47.5 Å². The van der Waals surface area contributed by atoms with Crippen molar-refractivity contribution in [3.63, 3.8) is 0 Å². The van der Waals surface area contributed by atoms with Crippen molar-refractivity contribution in [2.45, 2.75) is 17.3 Å². The van der Waals surface area contributed by atoms with Crippen molar-refractivity contribution in [1.29, 1.82) is 0 Å². The molecule has 4 aromatic rings. The molecule has 146 valence electrons. The maximum Gasteiger partial charge on any atom is 0.196 e. The third kappa shape index (κ3) is 4.66. The monoisotopic (exact) mass is 405 g/mol. The lowest BCUT2D eigenvalue weighted by molar-refractivity contribution is 0.414. The lowest BCUT2D eigenvalue weighted by Crippen LogP contribution is -2.04. The maximum absolute atomic E-state index is 13.2. The summed E-state index contributed by atoms with van der Waals surface area (Å²) in [7, 11) is 1.65. The highest BCUT2D eigenvalue weighted by Crippen LogP contribution is 2.27. The smallest absolute Gasteiger partial charge is 0.196 e. The summed E-state index contributed by atoms with van der Waals surface area (Å²) in [5, 5.41) is 9.69. The quantitative estimate of drug-likeness (QED) is 0.391. The lowest BCUT2D eigenvalue weighted by Gasteiger charge is -2.11. The van der Waals surface area contributed by atoms with Gasteiger partial charge in [0.05, 0.1) is 7.11 Å². The van der Waals surface area contributed by atoms with Gasteiger partial charge in [0.15, 0.2) is 5.16 Å². The van der Waals surface area contributed by atoms with E-state index in [9.17, 15) is 4.39 Å². The van der Waals surface area contributed by atoms with Gasteiger partial charge in [-0.15, -0.1) is 10.2 Å². The van der Waals surface area contributed by atoms with Gasteiger partial charge in [0.2, 0.25) is 0 Å². The van der Waals surface area contributed by atoms with Crippen LogP contribution in [0.3, 0.4) is 0 Å². The van der Waals surface area contributed by atoms with Gasteiger partial charge in [-0.3, -0.25) is 4.57 Å². The Balaban J connectivity index is 1.65. The fraction of sp³-hybridized carbons (Fsp3) is 0.130. The van der Waals surface area contributed by atoms with Crippen molar-refractivity contribution in [2.24, 2.45) is 0 Å². The van der Waals surface area contributed by atoms with E-state index in [4.69, 9.17) is 4.74 Å². The van der Waals surface area contributed by atoms with Crippen molar-refractivity contribution in [3.8, 4) is 11.4 Å². The van der Waals surface area contributed by atoms with Gasteiger partial charge in [-0.25, -0.2) is 4.39 Å². The SMILES string of the molecule is COc1ccc(-n2c(Cc3ccccc3)nnc2SCc2ccc(F)cc2)cc1. The Morgan fingerprint density at radius 2 is 1.59 bits per heavy atom. The normalized spacial score (nSPS) is 10.8. The second-order valence-electron chi connectivity index (χ2n) is 6.51. The van der Waals surface area contributed by atoms with E-state index >= 15 is 0 Å². The summed E-state index contributed by atoms with van der Waals surface area (Å²) in [4.78, 5) is 0. The Hall–Kier alpha value is -3.12. The number of rotatable bonds is 7. The van der Waals surface area contributed by atoms with E-state index in [1.165, 1.54) is 17.7 Å². The zero-order valence-corrected chi connectivity index (χ0v) is 16.8. The van der Waals surface area contributed by atoms with Crippen molar-refractivity contribution >= 4 is 11.8 Å². The Morgan fingerprint density at radius 1 is 0.862 bits per heavy atom. The predicted octanol–water partition coefficient (Wildman–Crippen LogP) is 5.30. The fourth-order valence-corrected chi connectivity index (χ4v) is 3.93. The fourth-order valence-electron chi connectivity index (χ4n) is 3.01. The van der Waals surface area contributed by atoms with Gasteiger partial charge in [-0.2, -0.15) is 0 Å². The van der Waals surface area contributed by atoms with Gasteiger partial charge >= 0.3 is 0 Å². The first kappa shape index (κ1) is 19.2. The first-order valence-corrected chi connectivity index (χ1v) is 10.2. The largest absolute Gasteiger partial charge is 0.497 e. The highest BCUT2D eigenvalue weighted by Gasteiger charge is 2.15. The Bertz CT molecular complexity index is 1060. The number of hydrogen-bond donors (Lipinski definition) is 0. The standard InChI is InChI=1S/C23H20FN3OS/c1-28-21-13-11-20(12-14-21)27-22(15-17-5-3-2-4-6-17)25-26-23(27)29-16-18-7-9-19(24)10-8-18/h2-14H,15-16H2,1H3. The molecule has 3 aromatic carbocycles. The molecule has 0 aliphatic carbocycles. The Kier molecular flexibility index (Phi) is 5.91. The van der Waals surface area contributed by atoms with Crippen LogP contribution in [0.1, 0.15) is 17.0 Å². The van der Waals surface area contributed by atoms with Gasteiger partial charge in [0, 0.05) is 17.9 Å². The Labute approximate surface area is 173 Å². The molecule has 0 fully saturated rings. The average molecular weight is 405 g/mol. The molecule has 0 unspecified atom stereocenters. The lowest BCUT2D eigenvalue weighted by atomic mass is 10.1. The molecule has 0 aliphatic heterocycles. The highest BCUT2D eigenvalue weighted by molar-refractivity contribution is 7.98. The predicted molar refractivity (Wildman–Crippen MR) is 113 cm³/mol. The summed E-state index contributed by atoms with van der Waals surface area (Å²) in [6.07, 6.45) is 0.678. The molecule has 0 atom stereocenters. The van der Waals surface area contributed by atoms with Crippen molar-refractivity contribution < 1.29 is 9.13 Å². The zero-order chi connectivity index (χ0) is 20.1. The molecule has 0 bridgehead atoms. The van der Waals surface area contributed by atoms with Crippen LogP contribution in [0.4, 0.5) is 4.39 Å². The number of benzene rings is 3. The first-order chi connectivity index (χ1) is 14.2. The molecule has 0 amide bonds. The summed E-state index contributed by atoms with van der Waals surface area (Å²) >= 11 is 1.58. The second kappa shape index (κ2) is 8.92. The molecular weight excluding hydrogens is 385 g/mol. The molecule has 0 N–H and O–H groups in total. The van der Waals surface area contributed by atoms with Gasteiger partial charge in [0.25, 0.3) is 0 Å². The number of aromatic nitrogens is 3. The second-order valence-corrected chi connectivity index (χ2v) is 7.45. The van der Waals surface area contributed by atoms with Gasteiger partial charge in [0.1, 0.15) is 17.4 Å². The van der Waals surface area contributed by atoms with Crippen molar-refractivity contribution in [3.05, 3.63) is 102 Å². The van der Waals surface area contributed by atoms with Crippen molar-refractivity contribution in [2.75, 3.05) is 7.11 Å². The minimum absolute atomic E-state index is 0.231. The van der Waals surface area contributed by atoms with Crippen LogP contribution in [-0.4, -0.2) is 21.9 Å². The molecule has 0 aliphatic rings.